The molecule has 0 aliphatic carbocycles. The molecule has 1 aromatic carbocycles. The Morgan fingerprint density at radius 1 is 1.26 bits per heavy atom. The lowest BCUT2D eigenvalue weighted by atomic mass is 10.1. The molecule has 0 atom stereocenters. The van der Waals surface area contributed by atoms with Gasteiger partial charge in [-0.1, -0.05) is 0 Å². The number of rotatable bonds is 3. The number of benzene rings is 1. The molecule has 19 heavy (non-hydrogen) atoms. The van der Waals surface area contributed by atoms with E-state index >= 15 is 0 Å². The molecule has 1 N–H and O–H groups in total. The molecule has 2 aromatic rings. The van der Waals surface area contributed by atoms with Gasteiger partial charge in [0.05, 0.1) is 6.61 Å². The molecule has 2 rings (SSSR count). The van der Waals surface area contributed by atoms with Crippen LogP contribution < -0.4 is 0 Å². The Morgan fingerprint density at radius 2 is 1.89 bits per heavy atom. The second kappa shape index (κ2) is 5.17. The number of carbonyl (C=O) groups excluding carboxylic acids is 1. The van der Waals surface area contributed by atoms with E-state index in [2.05, 4.69) is 4.98 Å². The summed E-state index contributed by atoms with van der Waals surface area (Å²) in [5, 5.41) is 0. The van der Waals surface area contributed by atoms with Crippen LogP contribution in [-0.4, -0.2) is 17.6 Å². The maximum atomic E-state index is 13.2. The van der Waals surface area contributed by atoms with Gasteiger partial charge in [0.25, 0.3) is 0 Å². The Morgan fingerprint density at radius 3 is 2.47 bits per heavy atom. The van der Waals surface area contributed by atoms with Crippen LogP contribution in [0.1, 0.15) is 17.4 Å². The molecule has 1 heterocycles. The second-order valence-corrected chi connectivity index (χ2v) is 3.74. The number of halogens is 3. The number of H-pyrrole nitrogens is 1. The quantitative estimate of drug-likeness (QED) is 0.686. The number of esters is 1. The number of aromatic nitrogens is 1. The zero-order valence-corrected chi connectivity index (χ0v) is 9.97. The fourth-order valence-corrected chi connectivity index (χ4v) is 1.69. The van der Waals surface area contributed by atoms with Crippen molar-refractivity contribution >= 4 is 5.97 Å². The summed E-state index contributed by atoms with van der Waals surface area (Å²) in [6.45, 7) is 1.81. The number of aromatic amines is 1. The fraction of sp³-hybridized carbons (Fsp3) is 0.154. The van der Waals surface area contributed by atoms with Gasteiger partial charge in [-0.3, -0.25) is 0 Å². The molecule has 0 bridgehead atoms. The third-order valence-electron chi connectivity index (χ3n) is 2.52. The van der Waals surface area contributed by atoms with Crippen LogP contribution in [0.15, 0.2) is 24.4 Å². The lowest BCUT2D eigenvalue weighted by Gasteiger charge is -2.05. The molecule has 0 aliphatic rings. The first-order valence-corrected chi connectivity index (χ1v) is 5.54. The summed E-state index contributed by atoms with van der Waals surface area (Å²) in [7, 11) is 0. The largest absolute Gasteiger partial charge is 0.461 e. The average Bonchev–Trinajstić information content (AvgIpc) is 2.84. The Hall–Kier alpha value is -2.24. The van der Waals surface area contributed by atoms with Crippen molar-refractivity contribution < 1.29 is 22.7 Å². The number of hydrogen-bond donors (Lipinski definition) is 1. The lowest BCUT2D eigenvalue weighted by molar-refractivity contribution is 0.0521. The van der Waals surface area contributed by atoms with Crippen molar-refractivity contribution in [2.75, 3.05) is 6.61 Å². The van der Waals surface area contributed by atoms with E-state index in [-0.39, 0.29) is 23.4 Å². The maximum absolute atomic E-state index is 13.2. The van der Waals surface area contributed by atoms with Crippen molar-refractivity contribution in [3.63, 3.8) is 0 Å². The first-order chi connectivity index (χ1) is 9.04. The van der Waals surface area contributed by atoms with Gasteiger partial charge in [0.1, 0.15) is 5.69 Å². The van der Waals surface area contributed by atoms with Crippen LogP contribution in [0.4, 0.5) is 13.2 Å². The molecule has 0 aliphatic heterocycles. The summed E-state index contributed by atoms with van der Waals surface area (Å²) in [5.41, 5.74) is 0.365. The number of carbonyl (C=O) groups is 1. The van der Waals surface area contributed by atoms with Crippen LogP contribution >= 0.6 is 0 Å². The summed E-state index contributed by atoms with van der Waals surface area (Å²) in [6, 6.07) is 3.10. The van der Waals surface area contributed by atoms with E-state index in [4.69, 9.17) is 4.74 Å². The standard InChI is InChI=1S/C13H10F3NO2/c1-2-19-13(18)12-8(3-4-17-12)7-5-9(14)11(16)10(15)6-7/h3-6,17H,2H2,1H3. The van der Waals surface area contributed by atoms with Crippen LogP contribution in [0, 0.1) is 17.5 Å². The van der Waals surface area contributed by atoms with Crippen molar-refractivity contribution in [2.24, 2.45) is 0 Å². The lowest BCUT2D eigenvalue weighted by Crippen LogP contribution is -2.06. The van der Waals surface area contributed by atoms with Gasteiger partial charge in [0.15, 0.2) is 17.5 Å². The van der Waals surface area contributed by atoms with E-state index in [1.807, 2.05) is 0 Å². The molecule has 0 unspecified atom stereocenters. The number of ether oxygens (including phenoxy) is 1. The molecule has 0 radical (unpaired) electrons. The van der Waals surface area contributed by atoms with Crippen LogP contribution in [0.5, 0.6) is 0 Å². The molecule has 0 saturated heterocycles. The smallest absolute Gasteiger partial charge is 0.355 e. The molecule has 6 heteroatoms. The maximum Gasteiger partial charge on any atom is 0.355 e. The third-order valence-corrected chi connectivity index (χ3v) is 2.52. The van der Waals surface area contributed by atoms with E-state index < -0.39 is 23.4 Å². The highest BCUT2D eigenvalue weighted by Gasteiger charge is 2.18. The van der Waals surface area contributed by atoms with Gasteiger partial charge >= 0.3 is 5.97 Å². The minimum absolute atomic E-state index is 0.0562. The Balaban J connectivity index is 2.49. The molecule has 0 amide bonds. The van der Waals surface area contributed by atoms with Crippen LogP contribution in [0.3, 0.4) is 0 Å². The minimum atomic E-state index is -1.54. The Labute approximate surface area is 107 Å². The molecule has 3 nitrogen and oxygen atoms in total. The first kappa shape index (κ1) is 13.2. The van der Waals surface area contributed by atoms with E-state index in [0.717, 1.165) is 12.1 Å². The molecule has 0 fully saturated rings. The van der Waals surface area contributed by atoms with Gasteiger partial charge in [0, 0.05) is 11.8 Å². The van der Waals surface area contributed by atoms with E-state index in [9.17, 15) is 18.0 Å². The molecular formula is C13H10F3NO2. The van der Waals surface area contributed by atoms with Gasteiger partial charge < -0.3 is 9.72 Å². The van der Waals surface area contributed by atoms with E-state index in [0.29, 0.717) is 0 Å². The number of nitrogens with one attached hydrogen (secondary N) is 1. The molecule has 100 valence electrons. The summed E-state index contributed by atoms with van der Waals surface area (Å²) in [5.74, 6) is -4.82. The van der Waals surface area contributed by atoms with Gasteiger partial charge in [0.2, 0.25) is 0 Å². The van der Waals surface area contributed by atoms with Crippen LogP contribution in [-0.2, 0) is 4.74 Å². The zero-order valence-electron chi connectivity index (χ0n) is 9.97. The SMILES string of the molecule is CCOC(=O)c1[nH]ccc1-c1cc(F)c(F)c(F)c1. The Bertz CT molecular complexity index is 599. The van der Waals surface area contributed by atoms with Crippen molar-refractivity contribution in [3.8, 4) is 11.1 Å². The van der Waals surface area contributed by atoms with Crippen molar-refractivity contribution in [2.45, 2.75) is 6.92 Å². The normalized spacial score (nSPS) is 10.5. The Kier molecular flexibility index (Phi) is 3.59. The summed E-state index contributed by atoms with van der Waals surface area (Å²) < 4.78 is 44.0. The van der Waals surface area contributed by atoms with Gasteiger partial charge in [-0.2, -0.15) is 0 Å². The topological polar surface area (TPSA) is 42.1 Å². The summed E-state index contributed by atoms with van der Waals surface area (Å²) >= 11 is 0. The van der Waals surface area contributed by atoms with Crippen molar-refractivity contribution in [3.05, 3.63) is 47.5 Å². The average molecular weight is 269 g/mol. The van der Waals surface area contributed by atoms with Gasteiger partial charge in [-0.05, 0) is 30.7 Å². The summed E-state index contributed by atoms with van der Waals surface area (Å²) in [6.07, 6.45) is 1.43. The zero-order chi connectivity index (χ0) is 14.0. The third kappa shape index (κ3) is 2.47. The highest BCUT2D eigenvalue weighted by molar-refractivity contribution is 5.95. The van der Waals surface area contributed by atoms with Gasteiger partial charge in [-0.25, -0.2) is 18.0 Å². The highest BCUT2D eigenvalue weighted by Crippen LogP contribution is 2.26. The van der Waals surface area contributed by atoms with E-state index in [1.54, 1.807) is 6.92 Å². The fourth-order valence-electron chi connectivity index (χ4n) is 1.69. The van der Waals surface area contributed by atoms with Gasteiger partial charge in [-0.15, -0.1) is 0 Å². The molecule has 0 saturated carbocycles. The molecule has 0 spiro atoms. The number of hydrogen-bond acceptors (Lipinski definition) is 2. The monoisotopic (exact) mass is 269 g/mol. The molecular weight excluding hydrogens is 259 g/mol. The van der Waals surface area contributed by atoms with Crippen LogP contribution in [0.2, 0.25) is 0 Å². The highest BCUT2D eigenvalue weighted by atomic mass is 19.2. The van der Waals surface area contributed by atoms with Crippen molar-refractivity contribution in [1.82, 2.24) is 4.98 Å². The predicted molar refractivity (Wildman–Crippen MR) is 62.1 cm³/mol. The van der Waals surface area contributed by atoms with Crippen LogP contribution in [0.25, 0.3) is 11.1 Å². The second-order valence-electron chi connectivity index (χ2n) is 3.74. The predicted octanol–water partition coefficient (Wildman–Crippen LogP) is 3.28. The van der Waals surface area contributed by atoms with E-state index in [1.165, 1.54) is 12.3 Å². The summed E-state index contributed by atoms with van der Waals surface area (Å²) in [4.78, 5) is 14.3. The molecule has 1 aromatic heterocycles. The first-order valence-electron chi connectivity index (χ1n) is 5.54. The minimum Gasteiger partial charge on any atom is -0.461 e. The van der Waals surface area contributed by atoms with Crippen molar-refractivity contribution in [1.29, 1.82) is 0 Å².